The van der Waals surface area contributed by atoms with Gasteiger partial charge in [0.1, 0.15) is 6.29 Å². The second kappa shape index (κ2) is 4.47. The highest BCUT2D eigenvalue weighted by Crippen LogP contribution is 1.97. The van der Waals surface area contributed by atoms with Crippen molar-refractivity contribution in [1.29, 1.82) is 0 Å². The lowest BCUT2D eigenvalue weighted by molar-refractivity contribution is -0.109. The molecule has 2 unspecified atom stereocenters. The predicted molar refractivity (Wildman–Crippen MR) is 35.0 cm³/mol. The molecule has 0 radical (unpaired) electrons. The number of carbonyl (C=O) groups is 1. The maximum atomic E-state index is 9.80. The number of rotatable bonds is 4. The highest BCUT2D eigenvalue weighted by molar-refractivity contribution is 5.49. The van der Waals surface area contributed by atoms with Crippen LogP contribution < -0.4 is 5.73 Å². The summed E-state index contributed by atoms with van der Waals surface area (Å²) in [6.45, 7) is 1.80. The fourth-order valence-electron chi connectivity index (χ4n) is 0.636. The molecule has 0 rings (SSSR count). The molecule has 9 heavy (non-hydrogen) atoms. The van der Waals surface area contributed by atoms with Gasteiger partial charge in [-0.15, -0.1) is 0 Å². The van der Waals surface area contributed by atoms with Gasteiger partial charge in [-0.1, -0.05) is 0 Å². The Morgan fingerprint density at radius 1 is 1.78 bits per heavy atom. The van der Waals surface area contributed by atoms with Crippen LogP contribution in [0.3, 0.4) is 0 Å². The standard InChI is InChI=1S/C6H13NO2/c1-5(7)4-6(9)2-3-8/h3,5-6,9H,2,4,7H2,1H3. The van der Waals surface area contributed by atoms with E-state index in [0.717, 1.165) is 0 Å². The molecule has 0 heterocycles. The van der Waals surface area contributed by atoms with Crippen molar-refractivity contribution in [2.45, 2.75) is 31.9 Å². The van der Waals surface area contributed by atoms with Crippen molar-refractivity contribution in [3.63, 3.8) is 0 Å². The zero-order chi connectivity index (χ0) is 7.28. The minimum absolute atomic E-state index is 0.0278. The van der Waals surface area contributed by atoms with Gasteiger partial charge in [0.05, 0.1) is 6.10 Å². The summed E-state index contributed by atoms with van der Waals surface area (Å²) in [6, 6.07) is -0.0278. The van der Waals surface area contributed by atoms with Crippen LogP contribution in [0.4, 0.5) is 0 Å². The number of aliphatic hydroxyl groups is 1. The second-order valence-electron chi connectivity index (χ2n) is 2.27. The molecule has 0 aliphatic carbocycles. The first-order chi connectivity index (χ1) is 4.16. The van der Waals surface area contributed by atoms with Gasteiger partial charge in [-0.2, -0.15) is 0 Å². The van der Waals surface area contributed by atoms with E-state index in [1.807, 2.05) is 0 Å². The number of aliphatic hydroxyl groups excluding tert-OH is 1. The van der Waals surface area contributed by atoms with Gasteiger partial charge in [0.25, 0.3) is 0 Å². The van der Waals surface area contributed by atoms with Gasteiger partial charge in [0, 0.05) is 12.5 Å². The van der Waals surface area contributed by atoms with Crippen molar-refractivity contribution in [2.75, 3.05) is 0 Å². The molecular weight excluding hydrogens is 118 g/mol. The van der Waals surface area contributed by atoms with Gasteiger partial charge < -0.3 is 15.6 Å². The Morgan fingerprint density at radius 3 is 2.67 bits per heavy atom. The molecule has 3 heteroatoms. The van der Waals surface area contributed by atoms with Crippen LogP contribution in [0, 0.1) is 0 Å². The van der Waals surface area contributed by atoms with Gasteiger partial charge in [-0.25, -0.2) is 0 Å². The molecule has 0 saturated heterocycles. The maximum Gasteiger partial charge on any atom is 0.122 e. The fraction of sp³-hybridized carbons (Fsp3) is 0.833. The first-order valence-electron chi connectivity index (χ1n) is 3.04. The Kier molecular flexibility index (Phi) is 4.26. The Hall–Kier alpha value is -0.410. The number of nitrogens with two attached hydrogens (primary N) is 1. The summed E-state index contributed by atoms with van der Waals surface area (Å²) < 4.78 is 0. The van der Waals surface area contributed by atoms with E-state index in [0.29, 0.717) is 12.7 Å². The van der Waals surface area contributed by atoms with Crippen LogP contribution in [-0.4, -0.2) is 23.5 Å². The van der Waals surface area contributed by atoms with Crippen LogP contribution in [0.15, 0.2) is 0 Å². The summed E-state index contributed by atoms with van der Waals surface area (Å²) in [5, 5.41) is 8.91. The molecule has 0 aromatic rings. The van der Waals surface area contributed by atoms with E-state index in [4.69, 9.17) is 10.8 Å². The Balaban J connectivity index is 3.25. The topological polar surface area (TPSA) is 63.3 Å². The number of hydrogen-bond acceptors (Lipinski definition) is 3. The number of aldehydes is 1. The lowest BCUT2D eigenvalue weighted by atomic mass is 10.1. The maximum absolute atomic E-state index is 9.80. The smallest absolute Gasteiger partial charge is 0.122 e. The zero-order valence-corrected chi connectivity index (χ0v) is 5.58. The molecule has 0 spiro atoms. The van der Waals surface area contributed by atoms with Crippen molar-refractivity contribution in [1.82, 2.24) is 0 Å². The molecule has 0 fully saturated rings. The van der Waals surface area contributed by atoms with E-state index in [1.165, 1.54) is 0 Å². The van der Waals surface area contributed by atoms with E-state index in [1.54, 1.807) is 6.92 Å². The molecule has 2 atom stereocenters. The van der Waals surface area contributed by atoms with E-state index >= 15 is 0 Å². The van der Waals surface area contributed by atoms with Gasteiger partial charge in [-0.05, 0) is 13.3 Å². The summed E-state index contributed by atoms with van der Waals surface area (Å²) in [6.07, 6.45) is 0.843. The number of carbonyl (C=O) groups excluding carboxylic acids is 1. The average molecular weight is 131 g/mol. The highest BCUT2D eigenvalue weighted by atomic mass is 16.3. The molecule has 0 aromatic carbocycles. The molecule has 0 aliphatic heterocycles. The van der Waals surface area contributed by atoms with Gasteiger partial charge in [-0.3, -0.25) is 0 Å². The second-order valence-corrected chi connectivity index (χ2v) is 2.27. The van der Waals surface area contributed by atoms with Crippen molar-refractivity contribution >= 4 is 6.29 Å². The molecule has 54 valence electrons. The van der Waals surface area contributed by atoms with Crippen LogP contribution >= 0.6 is 0 Å². The summed E-state index contributed by atoms with van der Waals surface area (Å²) in [7, 11) is 0. The lowest BCUT2D eigenvalue weighted by Crippen LogP contribution is -2.22. The molecule has 0 aromatic heterocycles. The monoisotopic (exact) mass is 131 g/mol. The normalized spacial score (nSPS) is 16.8. The average Bonchev–Trinajstić information content (AvgIpc) is 1.63. The first kappa shape index (κ1) is 8.59. The third kappa shape index (κ3) is 5.46. The van der Waals surface area contributed by atoms with Crippen LogP contribution in [0.2, 0.25) is 0 Å². The Morgan fingerprint density at radius 2 is 2.33 bits per heavy atom. The number of hydrogen-bond donors (Lipinski definition) is 2. The lowest BCUT2D eigenvalue weighted by Gasteiger charge is -2.08. The molecule has 3 N–H and O–H groups in total. The van der Waals surface area contributed by atoms with E-state index in [-0.39, 0.29) is 12.5 Å². The Bertz CT molecular complexity index is 83.1. The van der Waals surface area contributed by atoms with Crippen molar-refractivity contribution < 1.29 is 9.90 Å². The summed E-state index contributed by atoms with van der Waals surface area (Å²) in [5.74, 6) is 0. The highest BCUT2D eigenvalue weighted by Gasteiger charge is 2.04. The predicted octanol–water partition coefficient (Wildman–Crippen LogP) is -0.326. The Labute approximate surface area is 54.9 Å². The van der Waals surface area contributed by atoms with Crippen LogP contribution in [0.5, 0.6) is 0 Å². The van der Waals surface area contributed by atoms with Crippen LogP contribution in [0.25, 0.3) is 0 Å². The summed E-state index contributed by atoms with van der Waals surface area (Å²) in [4.78, 5) is 9.80. The largest absolute Gasteiger partial charge is 0.393 e. The molecule has 0 aliphatic rings. The van der Waals surface area contributed by atoms with Gasteiger partial charge in [0.15, 0.2) is 0 Å². The fourth-order valence-corrected chi connectivity index (χ4v) is 0.636. The van der Waals surface area contributed by atoms with E-state index in [9.17, 15) is 4.79 Å². The van der Waals surface area contributed by atoms with Gasteiger partial charge in [0.2, 0.25) is 0 Å². The van der Waals surface area contributed by atoms with Crippen LogP contribution in [-0.2, 0) is 4.79 Å². The zero-order valence-electron chi connectivity index (χ0n) is 5.58. The van der Waals surface area contributed by atoms with Crippen molar-refractivity contribution in [3.05, 3.63) is 0 Å². The third-order valence-electron chi connectivity index (χ3n) is 1.01. The van der Waals surface area contributed by atoms with Crippen LogP contribution in [0.1, 0.15) is 19.8 Å². The minimum Gasteiger partial charge on any atom is -0.393 e. The molecule has 3 nitrogen and oxygen atoms in total. The summed E-state index contributed by atoms with van der Waals surface area (Å²) >= 11 is 0. The first-order valence-corrected chi connectivity index (χ1v) is 3.04. The SMILES string of the molecule is CC(N)CC(O)CC=O. The minimum atomic E-state index is -0.553. The van der Waals surface area contributed by atoms with Crippen molar-refractivity contribution in [2.24, 2.45) is 5.73 Å². The van der Waals surface area contributed by atoms with Gasteiger partial charge >= 0.3 is 0 Å². The molecule has 0 amide bonds. The molecular formula is C6H13NO2. The third-order valence-corrected chi connectivity index (χ3v) is 1.01. The summed E-state index contributed by atoms with van der Waals surface area (Å²) in [5.41, 5.74) is 5.35. The van der Waals surface area contributed by atoms with Crippen molar-refractivity contribution in [3.8, 4) is 0 Å². The molecule has 0 saturated carbocycles. The quantitative estimate of drug-likeness (QED) is 0.514. The van der Waals surface area contributed by atoms with E-state index in [2.05, 4.69) is 0 Å². The van der Waals surface area contributed by atoms with E-state index < -0.39 is 6.10 Å². The molecule has 0 bridgehead atoms.